The van der Waals surface area contributed by atoms with Crippen molar-refractivity contribution in [3.8, 4) is 5.75 Å². The molecule has 2 unspecified atom stereocenters. The fourth-order valence-corrected chi connectivity index (χ4v) is 1.92. The van der Waals surface area contributed by atoms with Gasteiger partial charge in [0.2, 0.25) is 0 Å². The van der Waals surface area contributed by atoms with Crippen LogP contribution < -0.4 is 4.74 Å². The number of halogens is 1. The van der Waals surface area contributed by atoms with E-state index in [0.717, 1.165) is 0 Å². The molecule has 2 rings (SSSR count). The number of esters is 1. The first-order chi connectivity index (χ1) is 9.39. The van der Waals surface area contributed by atoms with Crippen LogP contribution in [0.3, 0.4) is 0 Å². The molecular weight excluding hydrogens is 280 g/mol. The smallest absolute Gasteiger partial charge is 0.338 e. The number of alkyl halides is 1. The van der Waals surface area contributed by atoms with Crippen LogP contribution in [0.25, 0.3) is 0 Å². The maximum atomic E-state index is 11.9. The van der Waals surface area contributed by atoms with Crippen LogP contribution in [-0.2, 0) is 9.47 Å². The van der Waals surface area contributed by atoms with Gasteiger partial charge in [-0.25, -0.2) is 4.79 Å². The van der Waals surface area contributed by atoms with Crippen LogP contribution in [-0.4, -0.2) is 36.3 Å². The molecule has 5 heteroatoms. The number of hydrogen-bond acceptors (Lipinski definition) is 4. The number of carbonyl (C=O) groups is 1. The van der Waals surface area contributed by atoms with Crippen molar-refractivity contribution in [2.45, 2.75) is 38.6 Å². The van der Waals surface area contributed by atoms with Gasteiger partial charge in [-0.05, 0) is 45.0 Å². The van der Waals surface area contributed by atoms with Gasteiger partial charge in [0.1, 0.15) is 23.6 Å². The molecule has 1 aliphatic heterocycles. The predicted octanol–water partition coefficient (Wildman–Crippen LogP) is 3.03. The van der Waals surface area contributed by atoms with E-state index in [4.69, 9.17) is 25.8 Å². The minimum Gasteiger partial charge on any atom is -0.486 e. The average Bonchev–Trinajstić information content (AvgIpc) is 3.19. The van der Waals surface area contributed by atoms with E-state index in [0.29, 0.717) is 23.8 Å². The average molecular weight is 299 g/mol. The molecule has 0 radical (unpaired) electrons. The van der Waals surface area contributed by atoms with Gasteiger partial charge in [0.25, 0.3) is 0 Å². The van der Waals surface area contributed by atoms with E-state index >= 15 is 0 Å². The van der Waals surface area contributed by atoms with Gasteiger partial charge in [0.05, 0.1) is 18.1 Å². The fourth-order valence-electron chi connectivity index (χ4n) is 1.66. The topological polar surface area (TPSA) is 48.1 Å². The van der Waals surface area contributed by atoms with Crippen molar-refractivity contribution in [2.75, 3.05) is 12.5 Å². The second kappa shape index (κ2) is 6.02. The van der Waals surface area contributed by atoms with Crippen molar-refractivity contribution in [3.05, 3.63) is 29.8 Å². The summed E-state index contributed by atoms with van der Waals surface area (Å²) >= 11 is 5.83. The third-order valence-corrected chi connectivity index (χ3v) is 3.01. The SMILES string of the molecule is CC(C)(C)OC(=O)c1ccc(OC(CCl)C2CO2)cc1. The number of ether oxygens (including phenoxy) is 3. The van der Waals surface area contributed by atoms with Crippen molar-refractivity contribution < 1.29 is 19.0 Å². The third kappa shape index (κ3) is 4.39. The highest BCUT2D eigenvalue weighted by atomic mass is 35.5. The Bertz CT molecular complexity index is 460. The largest absolute Gasteiger partial charge is 0.486 e. The summed E-state index contributed by atoms with van der Waals surface area (Å²) in [6, 6.07) is 6.84. The zero-order valence-electron chi connectivity index (χ0n) is 11.9. The summed E-state index contributed by atoms with van der Waals surface area (Å²) in [5, 5.41) is 0. The van der Waals surface area contributed by atoms with E-state index < -0.39 is 5.60 Å². The summed E-state index contributed by atoms with van der Waals surface area (Å²) in [6.45, 7) is 6.20. The summed E-state index contributed by atoms with van der Waals surface area (Å²) in [6.07, 6.45) is -0.0675. The summed E-state index contributed by atoms with van der Waals surface area (Å²) in [5.74, 6) is 0.695. The highest BCUT2D eigenvalue weighted by molar-refractivity contribution is 6.18. The van der Waals surface area contributed by atoms with Gasteiger partial charge in [-0.15, -0.1) is 11.6 Å². The molecule has 0 saturated carbocycles. The minimum atomic E-state index is -0.501. The Hall–Kier alpha value is -1.26. The predicted molar refractivity (Wildman–Crippen MR) is 76.5 cm³/mol. The van der Waals surface area contributed by atoms with Crippen molar-refractivity contribution in [2.24, 2.45) is 0 Å². The second-order valence-corrected chi connectivity index (χ2v) is 6.02. The lowest BCUT2D eigenvalue weighted by molar-refractivity contribution is 0.00695. The summed E-state index contributed by atoms with van der Waals surface area (Å²) < 4.78 is 16.2. The first kappa shape index (κ1) is 15.1. The molecule has 0 N–H and O–H groups in total. The van der Waals surface area contributed by atoms with Crippen molar-refractivity contribution >= 4 is 17.6 Å². The van der Waals surface area contributed by atoms with Gasteiger partial charge in [-0.1, -0.05) is 0 Å². The summed E-state index contributed by atoms with van der Waals surface area (Å²) in [7, 11) is 0. The number of carbonyl (C=O) groups excluding carboxylic acids is 1. The molecule has 1 saturated heterocycles. The van der Waals surface area contributed by atoms with Crippen molar-refractivity contribution in [1.29, 1.82) is 0 Å². The molecule has 1 aliphatic rings. The molecule has 4 nitrogen and oxygen atoms in total. The maximum Gasteiger partial charge on any atom is 0.338 e. The minimum absolute atomic E-state index is 0.0815. The highest BCUT2D eigenvalue weighted by Crippen LogP contribution is 2.22. The molecule has 0 spiro atoms. The van der Waals surface area contributed by atoms with Crippen LogP contribution in [0.4, 0.5) is 0 Å². The molecule has 0 amide bonds. The Morgan fingerprint density at radius 3 is 2.45 bits per heavy atom. The van der Waals surface area contributed by atoms with Crippen LogP contribution in [0, 0.1) is 0 Å². The summed E-state index contributed by atoms with van der Waals surface area (Å²) in [4.78, 5) is 11.9. The monoisotopic (exact) mass is 298 g/mol. The van der Waals surface area contributed by atoms with E-state index in [2.05, 4.69) is 0 Å². The third-order valence-electron chi connectivity index (χ3n) is 2.70. The molecule has 2 atom stereocenters. The molecule has 0 bridgehead atoms. The van der Waals surface area contributed by atoms with E-state index in [1.165, 1.54) is 0 Å². The van der Waals surface area contributed by atoms with Crippen LogP contribution in [0.5, 0.6) is 5.75 Å². The van der Waals surface area contributed by atoms with Gasteiger partial charge in [-0.2, -0.15) is 0 Å². The van der Waals surface area contributed by atoms with Gasteiger partial charge in [-0.3, -0.25) is 0 Å². The van der Waals surface area contributed by atoms with E-state index in [1.54, 1.807) is 24.3 Å². The Balaban J connectivity index is 1.97. The number of hydrogen-bond donors (Lipinski definition) is 0. The molecule has 110 valence electrons. The number of rotatable bonds is 5. The zero-order chi connectivity index (χ0) is 14.8. The van der Waals surface area contributed by atoms with Crippen LogP contribution in [0.2, 0.25) is 0 Å². The van der Waals surface area contributed by atoms with E-state index in [-0.39, 0.29) is 18.2 Å². The van der Waals surface area contributed by atoms with Crippen molar-refractivity contribution in [3.63, 3.8) is 0 Å². The zero-order valence-corrected chi connectivity index (χ0v) is 12.6. The van der Waals surface area contributed by atoms with E-state index in [9.17, 15) is 4.79 Å². The molecular formula is C15H19ClO4. The molecule has 1 heterocycles. The van der Waals surface area contributed by atoms with Gasteiger partial charge < -0.3 is 14.2 Å². The summed E-state index contributed by atoms with van der Waals surface area (Å²) in [5.41, 5.74) is -0.00314. The Morgan fingerprint density at radius 2 is 2.00 bits per heavy atom. The second-order valence-electron chi connectivity index (χ2n) is 5.71. The lowest BCUT2D eigenvalue weighted by Gasteiger charge is -2.19. The Labute approximate surface area is 124 Å². The Kier molecular flexibility index (Phi) is 4.55. The molecule has 0 aromatic heterocycles. The van der Waals surface area contributed by atoms with E-state index in [1.807, 2.05) is 20.8 Å². The Morgan fingerprint density at radius 1 is 1.40 bits per heavy atom. The van der Waals surface area contributed by atoms with Gasteiger partial charge >= 0.3 is 5.97 Å². The first-order valence-electron chi connectivity index (χ1n) is 6.57. The standard InChI is InChI=1S/C15H19ClO4/c1-15(2,3)20-14(17)10-4-6-11(7-5-10)19-12(8-16)13-9-18-13/h4-7,12-13H,8-9H2,1-3H3. The lowest BCUT2D eigenvalue weighted by Crippen LogP contribution is -2.25. The number of epoxide rings is 1. The lowest BCUT2D eigenvalue weighted by atomic mass is 10.1. The van der Waals surface area contributed by atoms with Gasteiger partial charge in [0.15, 0.2) is 0 Å². The maximum absolute atomic E-state index is 11.9. The normalized spacial score (nSPS) is 19.3. The van der Waals surface area contributed by atoms with Crippen LogP contribution >= 0.6 is 11.6 Å². The van der Waals surface area contributed by atoms with Gasteiger partial charge in [0, 0.05) is 0 Å². The fraction of sp³-hybridized carbons (Fsp3) is 0.533. The molecule has 0 aliphatic carbocycles. The molecule has 1 aromatic carbocycles. The van der Waals surface area contributed by atoms with Crippen molar-refractivity contribution in [1.82, 2.24) is 0 Å². The highest BCUT2D eigenvalue weighted by Gasteiger charge is 2.34. The number of benzene rings is 1. The quantitative estimate of drug-likeness (QED) is 0.476. The van der Waals surface area contributed by atoms with Crippen LogP contribution in [0.15, 0.2) is 24.3 Å². The van der Waals surface area contributed by atoms with Crippen LogP contribution in [0.1, 0.15) is 31.1 Å². The molecule has 1 aromatic rings. The first-order valence-corrected chi connectivity index (χ1v) is 7.10. The molecule has 1 fully saturated rings. The molecule has 20 heavy (non-hydrogen) atoms.